The maximum Gasteiger partial charge on any atom is 0.304 e. The number of carbonyl (C=O) groups is 1. The van der Waals surface area contributed by atoms with Gasteiger partial charge in [0.15, 0.2) is 0 Å². The van der Waals surface area contributed by atoms with Gasteiger partial charge in [-0.25, -0.2) is 13.1 Å². The third-order valence-corrected chi connectivity index (χ3v) is 4.08. The van der Waals surface area contributed by atoms with Crippen molar-refractivity contribution in [2.24, 2.45) is 0 Å². The number of hydrogen-bond acceptors (Lipinski definition) is 4. The van der Waals surface area contributed by atoms with E-state index in [-0.39, 0.29) is 18.2 Å². The molecule has 16 heavy (non-hydrogen) atoms. The van der Waals surface area contributed by atoms with Crippen LogP contribution in [0.3, 0.4) is 0 Å². The van der Waals surface area contributed by atoms with Crippen molar-refractivity contribution in [3.63, 3.8) is 0 Å². The van der Waals surface area contributed by atoms with Crippen molar-refractivity contribution < 1.29 is 18.3 Å². The summed E-state index contributed by atoms with van der Waals surface area (Å²) in [5.74, 6) is -1.43. The van der Waals surface area contributed by atoms with E-state index in [1.807, 2.05) is 7.05 Å². The van der Waals surface area contributed by atoms with Crippen molar-refractivity contribution in [1.82, 2.24) is 9.62 Å². The Bertz CT molecular complexity index is 333. The highest BCUT2D eigenvalue weighted by Gasteiger charge is 2.22. The molecule has 0 saturated carbocycles. The molecule has 0 amide bonds. The number of rotatable bonds is 5. The van der Waals surface area contributed by atoms with Gasteiger partial charge in [0.05, 0.1) is 12.2 Å². The van der Waals surface area contributed by atoms with E-state index in [4.69, 9.17) is 5.11 Å². The first-order valence-corrected chi connectivity index (χ1v) is 6.94. The van der Waals surface area contributed by atoms with Gasteiger partial charge in [-0.3, -0.25) is 4.79 Å². The first-order valence-electron chi connectivity index (χ1n) is 5.29. The normalized spacial score (nSPS) is 19.8. The van der Waals surface area contributed by atoms with Gasteiger partial charge in [-0.05, 0) is 33.0 Å². The standard InChI is InChI=1S/C9H18N2O4S/c1-11-5-2-8(3-6-11)10-16(14,15)7-4-9(12)13/h8,10H,2-7H2,1H3,(H,12,13). The van der Waals surface area contributed by atoms with Gasteiger partial charge in [0, 0.05) is 6.04 Å². The molecule has 7 heteroatoms. The molecule has 0 aromatic rings. The lowest BCUT2D eigenvalue weighted by Gasteiger charge is -2.29. The first-order chi connectivity index (χ1) is 7.39. The van der Waals surface area contributed by atoms with Crippen molar-refractivity contribution in [1.29, 1.82) is 0 Å². The summed E-state index contributed by atoms with van der Waals surface area (Å²) < 4.78 is 25.5. The summed E-state index contributed by atoms with van der Waals surface area (Å²) in [4.78, 5) is 12.4. The third-order valence-electron chi connectivity index (χ3n) is 2.65. The number of likely N-dealkylation sites (tertiary alicyclic amines) is 1. The molecule has 6 nitrogen and oxygen atoms in total. The van der Waals surface area contributed by atoms with Gasteiger partial charge in [-0.1, -0.05) is 0 Å². The lowest BCUT2D eigenvalue weighted by atomic mass is 10.1. The monoisotopic (exact) mass is 250 g/mol. The van der Waals surface area contributed by atoms with Gasteiger partial charge in [-0.2, -0.15) is 0 Å². The number of piperidine rings is 1. The Kier molecular flexibility index (Phi) is 4.69. The number of carboxylic acid groups (broad SMARTS) is 1. The summed E-state index contributed by atoms with van der Waals surface area (Å²) in [6.07, 6.45) is 1.22. The molecule has 1 aliphatic heterocycles. The number of hydrogen-bond donors (Lipinski definition) is 2. The molecule has 0 unspecified atom stereocenters. The molecule has 94 valence electrons. The van der Waals surface area contributed by atoms with Crippen LogP contribution in [-0.4, -0.2) is 56.3 Å². The molecule has 0 spiro atoms. The second-order valence-electron chi connectivity index (χ2n) is 4.16. The van der Waals surface area contributed by atoms with Crippen molar-refractivity contribution in [2.75, 3.05) is 25.9 Å². The first kappa shape index (κ1) is 13.4. The Morgan fingerprint density at radius 2 is 2.00 bits per heavy atom. The molecular weight excluding hydrogens is 232 g/mol. The molecule has 2 N–H and O–H groups in total. The third kappa shape index (κ3) is 4.91. The van der Waals surface area contributed by atoms with E-state index in [1.165, 1.54) is 0 Å². The second kappa shape index (κ2) is 5.60. The summed E-state index contributed by atoms with van der Waals surface area (Å²) in [7, 11) is -1.45. The summed E-state index contributed by atoms with van der Waals surface area (Å²) in [6, 6.07) is -0.0463. The zero-order valence-electron chi connectivity index (χ0n) is 9.35. The fourth-order valence-electron chi connectivity index (χ4n) is 1.66. The molecule has 0 aliphatic carbocycles. The van der Waals surface area contributed by atoms with E-state index in [0.717, 1.165) is 25.9 Å². The topological polar surface area (TPSA) is 86.7 Å². The van der Waals surface area contributed by atoms with Crippen molar-refractivity contribution in [3.05, 3.63) is 0 Å². The molecule has 0 radical (unpaired) electrons. The molecule has 1 rings (SSSR count). The van der Waals surface area contributed by atoms with Gasteiger partial charge < -0.3 is 10.0 Å². The van der Waals surface area contributed by atoms with Crippen LogP contribution >= 0.6 is 0 Å². The Balaban J connectivity index is 2.37. The zero-order valence-corrected chi connectivity index (χ0v) is 10.2. The number of aliphatic carboxylic acids is 1. The van der Waals surface area contributed by atoms with Crippen LogP contribution < -0.4 is 4.72 Å². The van der Waals surface area contributed by atoms with Crippen LogP contribution in [0.15, 0.2) is 0 Å². The summed E-state index contributed by atoms with van der Waals surface area (Å²) >= 11 is 0. The average molecular weight is 250 g/mol. The van der Waals surface area contributed by atoms with E-state index < -0.39 is 16.0 Å². The van der Waals surface area contributed by atoms with Crippen LogP contribution in [0.5, 0.6) is 0 Å². The minimum absolute atomic E-state index is 0.0463. The number of sulfonamides is 1. The molecule has 0 aromatic heterocycles. The minimum atomic E-state index is -3.44. The van der Waals surface area contributed by atoms with Crippen LogP contribution in [0.4, 0.5) is 0 Å². The quantitative estimate of drug-likeness (QED) is 0.685. The van der Waals surface area contributed by atoms with Gasteiger partial charge in [0.2, 0.25) is 10.0 Å². The highest BCUT2D eigenvalue weighted by Crippen LogP contribution is 2.09. The Morgan fingerprint density at radius 3 is 2.50 bits per heavy atom. The molecule has 0 atom stereocenters. The Hall–Kier alpha value is -0.660. The maximum absolute atomic E-state index is 11.5. The van der Waals surface area contributed by atoms with Gasteiger partial charge in [0.25, 0.3) is 0 Å². The summed E-state index contributed by atoms with van der Waals surface area (Å²) in [5, 5.41) is 8.42. The fourth-order valence-corrected chi connectivity index (χ4v) is 2.97. The number of nitrogens with one attached hydrogen (secondary N) is 1. The highest BCUT2D eigenvalue weighted by atomic mass is 32.2. The van der Waals surface area contributed by atoms with E-state index in [1.54, 1.807) is 0 Å². The van der Waals surface area contributed by atoms with Crippen molar-refractivity contribution >= 4 is 16.0 Å². The molecular formula is C9H18N2O4S. The van der Waals surface area contributed by atoms with E-state index in [2.05, 4.69) is 9.62 Å². The fraction of sp³-hybridized carbons (Fsp3) is 0.889. The van der Waals surface area contributed by atoms with Crippen LogP contribution in [0.1, 0.15) is 19.3 Å². The predicted molar refractivity (Wildman–Crippen MR) is 59.7 cm³/mol. The van der Waals surface area contributed by atoms with Crippen LogP contribution in [0, 0.1) is 0 Å². The van der Waals surface area contributed by atoms with E-state index in [0.29, 0.717) is 0 Å². The smallest absolute Gasteiger partial charge is 0.304 e. The molecule has 1 aliphatic rings. The van der Waals surface area contributed by atoms with Crippen LogP contribution in [0.2, 0.25) is 0 Å². The highest BCUT2D eigenvalue weighted by molar-refractivity contribution is 7.89. The zero-order chi connectivity index (χ0) is 12.2. The molecule has 1 heterocycles. The predicted octanol–water partition coefficient (Wildman–Crippen LogP) is -0.525. The molecule has 1 fully saturated rings. The number of carboxylic acids is 1. The maximum atomic E-state index is 11.5. The molecule has 1 saturated heterocycles. The van der Waals surface area contributed by atoms with Gasteiger partial charge in [0.1, 0.15) is 0 Å². The Morgan fingerprint density at radius 1 is 1.44 bits per heavy atom. The van der Waals surface area contributed by atoms with Crippen LogP contribution in [-0.2, 0) is 14.8 Å². The van der Waals surface area contributed by atoms with E-state index >= 15 is 0 Å². The van der Waals surface area contributed by atoms with E-state index in [9.17, 15) is 13.2 Å². The average Bonchev–Trinajstić information content (AvgIpc) is 2.19. The van der Waals surface area contributed by atoms with Crippen LogP contribution in [0.25, 0.3) is 0 Å². The van der Waals surface area contributed by atoms with Crippen molar-refractivity contribution in [3.8, 4) is 0 Å². The molecule has 0 bridgehead atoms. The minimum Gasteiger partial charge on any atom is -0.481 e. The number of nitrogens with zero attached hydrogens (tertiary/aromatic N) is 1. The van der Waals surface area contributed by atoms with Gasteiger partial charge in [-0.15, -0.1) is 0 Å². The molecule has 0 aromatic carbocycles. The van der Waals surface area contributed by atoms with Gasteiger partial charge >= 0.3 is 5.97 Å². The van der Waals surface area contributed by atoms with Crippen molar-refractivity contribution in [2.45, 2.75) is 25.3 Å². The Labute approximate surface area is 95.7 Å². The SMILES string of the molecule is CN1CCC(NS(=O)(=O)CCC(=O)O)CC1. The summed E-state index contributed by atoms with van der Waals surface area (Å²) in [5.41, 5.74) is 0. The lowest BCUT2D eigenvalue weighted by Crippen LogP contribution is -2.44. The second-order valence-corrected chi connectivity index (χ2v) is 6.03. The lowest BCUT2D eigenvalue weighted by molar-refractivity contribution is -0.136. The summed E-state index contributed by atoms with van der Waals surface area (Å²) in [6.45, 7) is 1.73. The largest absolute Gasteiger partial charge is 0.481 e.